The van der Waals surface area contributed by atoms with Crippen LogP contribution in [0.4, 0.5) is 0 Å². The molecule has 3 aromatic rings. The molecule has 0 saturated carbocycles. The lowest BCUT2D eigenvalue weighted by Crippen LogP contribution is -2.32. The molecule has 33 heavy (non-hydrogen) atoms. The Morgan fingerprint density at radius 3 is 2.52 bits per heavy atom. The van der Waals surface area contributed by atoms with Gasteiger partial charge in [-0.2, -0.15) is 0 Å². The Morgan fingerprint density at radius 1 is 1.15 bits per heavy atom. The van der Waals surface area contributed by atoms with Crippen molar-refractivity contribution in [1.29, 1.82) is 0 Å². The number of aromatic nitrogens is 2. The number of rotatable bonds is 11. The molecule has 7 heteroatoms. The molecule has 0 saturated heterocycles. The Balaban J connectivity index is 1.71. The van der Waals surface area contributed by atoms with Crippen molar-refractivity contribution in [1.82, 2.24) is 20.2 Å². The maximum absolute atomic E-state index is 13.1. The van der Waals surface area contributed by atoms with Gasteiger partial charge in [0.25, 0.3) is 5.91 Å². The predicted molar refractivity (Wildman–Crippen MR) is 132 cm³/mol. The van der Waals surface area contributed by atoms with Crippen molar-refractivity contribution in [2.24, 2.45) is 0 Å². The monoisotopic (exact) mass is 466 g/mol. The lowest BCUT2D eigenvalue weighted by molar-refractivity contribution is 0.0741. The van der Waals surface area contributed by atoms with Gasteiger partial charge in [-0.25, -0.2) is 9.97 Å². The maximum Gasteiger partial charge on any atom is 0.257 e. The molecule has 0 bridgehead atoms. The second-order valence-electron chi connectivity index (χ2n) is 7.94. The van der Waals surface area contributed by atoms with Crippen molar-refractivity contribution >= 4 is 17.5 Å². The van der Waals surface area contributed by atoms with Gasteiger partial charge < -0.3 is 15.0 Å². The fraction of sp³-hybridized carbons (Fsp3) is 0.346. The molecule has 1 heterocycles. The van der Waals surface area contributed by atoms with Gasteiger partial charge >= 0.3 is 0 Å². The van der Waals surface area contributed by atoms with Gasteiger partial charge in [-0.15, -0.1) is 0 Å². The summed E-state index contributed by atoms with van der Waals surface area (Å²) in [5.41, 5.74) is 3.35. The van der Waals surface area contributed by atoms with Crippen molar-refractivity contribution in [3.8, 4) is 5.75 Å². The zero-order chi connectivity index (χ0) is 23.6. The lowest BCUT2D eigenvalue weighted by Gasteiger charge is -2.23. The lowest BCUT2D eigenvalue weighted by atomic mass is 10.1. The number of hydrogen-bond donors (Lipinski definition) is 1. The van der Waals surface area contributed by atoms with E-state index in [9.17, 15) is 4.79 Å². The summed E-state index contributed by atoms with van der Waals surface area (Å²) in [4.78, 5) is 23.1. The number of nitrogens with zero attached hydrogens (tertiary/aromatic N) is 3. The molecule has 3 rings (SSSR count). The standard InChI is InChI=1S/C26H31ClN4O2/c1-4-15-31(26(32)24-16-29-18-30-19(24)2)17-20-5-11-23(12-6-20)33-25(13-14-28-3)21-7-9-22(27)10-8-21/h5-12,16,18,25,28H,4,13-15,17H2,1-3H3. The van der Waals surface area contributed by atoms with E-state index in [1.807, 2.05) is 67.4 Å². The molecule has 174 valence electrons. The molecule has 1 atom stereocenters. The first-order valence-electron chi connectivity index (χ1n) is 11.2. The third kappa shape index (κ3) is 7.01. The van der Waals surface area contributed by atoms with Gasteiger partial charge in [0, 0.05) is 30.7 Å². The van der Waals surface area contributed by atoms with E-state index in [1.165, 1.54) is 6.33 Å². The van der Waals surface area contributed by atoms with E-state index in [2.05, 4.69) is 22.2 Å². The first kappa shape index (κ1) is 24.7. The summed E-state index contributed by atoms with van der Waals surface area (Å²) >= 11 is 6.04. The topological polar surface area (TPSA) is 67.3 Å². The quantitative estimate of drug-likeness (QED) is 0.419. The summed E-state index contributed by atoms with van der Waals surface area (Å²) in [7, 11) is 1.93. The third-order valence-electron chi connectivity index (χ3n) is 5.40. The molecule has 1 amide bonds. The van der Waals surface area contributed by atoms with Crippen molar-refractivity contribution in [3.05, 3.63) is 88.5 Å². The molecular formula is C26H31ClN4O2. The summed E-state index contributed by atoms with van der Waals surface area (Å²) in [6.07, 6.45) is 4.67. The van der Waals surface area contributed by atoms with Crippen LogP contribution in [-0.2, 0) is 6.54 Å². The number of aryl methyl sites for hydroxylation is 1. The van der Waals surface area contributed by atoms with Gasteiger partial charge in [-0.05, 0) is 62.3 Å². The fourth-order valence-corrected chi connectivity index (χ4v) is 3.72. The summed E-state index contributed by atoms with van der Waals surface area (Å²) in [6.45, 7) is 5.90. The SMILES string of the molecule is CCCN(Cc1ccc(OC(CCNC)c2ccc(Cl)cc2)cc1)C(=O)c1cncnc1C. The molecule has 0 aliphatic rings. The molecular weight excluding hydrogens is 436 g/mol. The smallest absolute Gasteiger partial charge is 0.257 e. The molecule has 6 nitrogen and oxygen atoms in total. The van der Waals surface area contributed by atoms with E-state index in [-0.39, 0.29) is 12.0 Å². The van der Waals surface area contributed by atoms with Crippen LogP contribution in [0.5, 0.6) is 5.75 Å². The summed E-state index contributed by atoms with van der Waals surface area (Å²) < 4.78 is 6.30. The minimum atomic E-state index is -0.0835. The van der Waals surface area contributed by atoms with Gasteiger partial charge in [0.1, 0.15) is 18.2 Å². The van der Waals surface area contributed by atoms with Crippen LogP contribution < -0.4 is 10.1 Å². The normalized spacial score (nSPS) is 11.8. The van der Waals surface area contributed by atoms with Crippen LogP contribution in [0.1, 0.15) is 53.0 Å². The van der Waals surface area contributed by atoms with E-state index in [0.717, 1.165) is 36.3 Å². The van der Waals surface area contributed by atoms with Crippen molar-refractivity contribution in [3.63, 3.8) is 0 Å². The maximum atomic E-state index is 13.1. The molecule has 1 unspecified atom stereocenters. The Morgan fingerprint density at radius 2 is 1.88 bits per heavy atom. The van der Waals surface area contributed by atoms with Crippen LogP contribution in [-0.4, -0.2) is 40.9 Å². The first-order valence-corrected chi connectivity index (χ1v) is 11.6. The fourth-order valence-electron chi connectivity index (χ4n) is 3.60. The number of amides is 1. The van der Waals surface area contributed by atoms with Crippen LogP contribution >= 0.6 is 11.6 Å². The second kappa shape index (κ2) is 12.3. The zero-order valence-corrected chi connectivity index (χ0v) is 20.2. The molecule has 0 aliphatic heterocycles. The van der Waals surface area contributed by atoms with Crippen molar-refractivity contribution < 1.29 is 9.53 Å². The molecule has 0 aliphatic carbocycles. The Hall–Kier alpha value is -2.96. The molecule has 2 aromatic carbocycles. The Bertz CT molecular complexity index is 1030. The first-order chi connectivity index (χ1) is 16.0. The zero-order valence-electron chi connectivity index (χ0n) is 19.4. The largest absolute Gasteiger partial charge is 0.486 e. The van der Waals surface area contributed by atoms with E-state index in [0.29, 0.717) is 29.4 Å². The van der Waals surface area contributed by atoms with Crippen LogP contribution in [0.3, 0.4) is 0 Å². The average Bonchev–Trinajstić information content (AvgIpc) is 2.83. The highest BCUT2D eigenvalue weighted by molar-refractivity contribution is 6.30. The van der Waals surface area contributed by atoms with E-state index >= 15 is 0 Å². The van der Waals surface area contributed by atoms with Crippen molar-refractivity contribution in [2.75, 3.05) is 20.1 Å². The number of halogens is 1. The molecule has 1 aromatic heterocycles. The minimum Gasteiger partial charge on any atom is -0.486 e. The number of benzene rings is 2. The van der Waals surface area contributed by atoms with E-state index in [1.54, 1.807) is 6.20 Å². The molecule has 0 radical (unpaired) electrons. The number of hydrogen-bond acceptors (Lipinski definition) is 5. The van der Waals surface area contributed by atoms with Crippen LogP contribution in [0.25, 0.3) is 0 Å². The highest BCUT2D eigenvalue weighted by atomic mass is 35.5. The van der Waals surface area contributed by atoms with Gasteiger partial charge in [-0.3, -0.25) is 4.79 Å². The van der Waals surface area contributed by atoms with Gasteiger partial charge in [0.05, 0.1) is 11.3 Å². The summed E-state index contributed by atoms with van der Waals surface area (Å²) in [5, 5.41) is 3.89. The number of carbonyl (C=O) groups excluding carboxylic acids is 1. The van der Waals surface area contributed by atoms with Crippen LogP contribution in [0, 0.1) is 6.92 Å². The van der Waals surface area contributed by atoms with Gasteiger partial charge in [0.2, 0.25) is 0 Å². The molecule has 1 N–H and O–H groups in total. The van der Waals surface area contributed by atoms with Crippen LogP contribution in [0.2, 0.25) is 5.02 Å². The molecule has 0 fully saturated rings. The second-order valence-corrected chi connectivity index (χ2v) is 8.38. The summed E-state index contributed by atoms with van der Waals surface area (Å²) in [5.74, 6) is 0.737. The predicted octanol–water partition coefficient (Wildman–Crippen LogP) is 5.22. The highest BCUT2D eigenvalue weighted by Crippen LogP contribution is 2.26. The van der Waals surface area contributed by atoms with Crippen molar-refractivity contribution in [2.45, 2.75) is 39.3 Å². The van der Waals surface area contributed by atoms with E-state index in [4.69, 9.17) is 16.3 Å². The summed E-state index contributed by atoms with van der Waals surface area (Å²) in [6, 6.07) is 15.7. The highest BCUT2D eigenvalue weighted by Gasteiger charge is 2.19. The minimum absolute atomic E-state index is 0.0508. The van der Waals surface area contributed by atoms with Gasteiger partial charge in [-0.1, -0.05) is 42.8 Å². The number of ether oxygens (including phenoxy) is 1. The number of carbonyl (C=O) groups is 1. The Kier molecular flexibility index (Phi) is 9.22. The van der Waals surface area contributed by atoms with Crippen LogP contribution in [0.15, 0.2) is 61.1 Å². The Labute approximate surface area is 201 Å². The number of nitrogens with one attached hydrogen (secondary N) is 1. The van der Waals surface area contributed by atoms with Gasteiger partial charge in [0.15, 0.2) is 0 Å². The molecule has 0 spiro atoms. The average molecular weight is 467 g/mol. The third-order valence-corrected chi connectivity index (χ3v) is 5.65. The van der Waals surface area contributed by atoms with E-state index < -0.39 is 0 Å².